The Balaban J connectivity index is 1.53. The fourth-order valence-corrected chi connectivity index (χ4v) is 3.67. The maximum absolute atomic E-state index is 12.4. The lowest BCUT2D eigenvalue weighted by molar-refractivity contribution is -0.132. The first-order chi connectivity index (χ1) is 14.2. The molecular formula is C13H21N9O7S. The lowest BCUT2D eigenvalue weighted by atomic mass is 10.0. The molecule has 17 heteroatoms. The van der Waals surface area contributed by atoms with E-state index < -0.39 is 40.3 Å². The number of fused-ring (bicyclic) bond motifs is 2. The van der Waals surface area contributed by atoms with Crippen molar-refractivity contribution in [3.8, 4) is 0 Å². The van der Waals surface area contributed by atoms with Crippen molar-refractivity contribution in [2.75, 3.05) is 13.1 Å². The second-order valence-corrected chi connectivity index (χ2v) is 7.70. The number of amides is 4. The van der Waals surface area contributed by atoms with Gasteiger partial charge in [0.05, 0.1) is 6.04 Å². The van der Waals surface area contributed by atoms with Crippen LogP contribution in [0.3, 0.4) is 0 Å². The lowest BCUT2D eigenvalue weighted by Crippen LogP contribution is -2.54. The number of carbonyl (C=O) groups is 3. The Morgan fingerprint density at radius 1 is 1.30 bits per heavy atom. The molecule has 2 aliphatic heterocycles. The van der Waals surface area contributed by atoms with Gasteiger partial charge in [-0.05, 0) is 36.2 Å². The Morgan fingerprint density at radius 3 is 2.77 bits per heavy atom. The van der Waals surface area contributed by atoms with Gasteiger partial charge in [-0.25, -0.2) is 9.48 Å². The minimum Gasteiger partial charge on any atom is -0.330 e. The van der Waals surface area contributed by atoms with E-state index in [1.807, 2.05) is 0 Å². The molecule has 2 saturated heterocycles. The number of urea groups is 1. The van der Waals surface area contributed by atoms with E-state index in [1.165, 1.54) is 4.68 Å². The van der Waals surface area contributed by atoms with Crippen LogP contribution in [0.4, 0.5) is 4.79 Å². The van der Waals surface area contributed by atoms with Crippen molar-refractivity contribution in [3.63, 3.8) is 0 Å². The highest BCUT2D eigenvalue weighted by Crippen LogP contribution is 2.30. The molecule has 1 aromatic rings. The van der Waals surface area contributed by atoms with Crippen LogP contribution in [0.15, 0.2) is 0 Å². The molecule has 2 atom stereocenters. The molecule has 0 aromatic carbocycles. The third-order valence-corrected chi connectivity index (χ3v) is 4.98. The number of tetrazole rings is 1. The average molecular weight is 447 g/mol. The fourth-order valence-electron chi connectivity index (χ4n) is 3.28. The number of aromatic nitrogens is 4. The predicted molar refractivity (Wildman–Crippen MR) is 94.9 cm³/mol. The Labute approximate surface area is 170 Å². The highest BCUT2D eigenvalue weighted by atomic mass is 32.3. The normalized spacial score (nSPS) is 21.1. The van der Waals surface area contributed by atoms with E-state index in [4.69, 9.17) is 10.3 Å². The number of nitrogens with one attached hydrogen (secondary N) is 2. The summed E-state index contributed by atoms with van der Waals surface area (Å²) < 4.78 is 36.2. The van der Waals surface area contributed by atoms with Gasteiger partial charge in [0, 0.05) is 13.0 Å². The number of rotatable bonds is 8. The molecule has 2 aliphatic rings. The number of hydrogen-bond acceptors (Lipinski definition) is 10. The molecule has 3 heterocycles. The summed E-state index contributed by atoms with van der Waals surface area (Å²) in [7, 11) is -4.88. The van der Waals surface area contributed by atoms with Crippen LogP contribution < -0.4 is 16.6 Å². The van der Waals surface area contributed by atoms with E-state index in [0.717, 1.165) is 4.90 Å². The van der Waals surface area contributed by atoms with Crippen LogP contribution in [0.2, 0.25) is 0 Å². The van der Waals surface area contributed by atoms with Gasteiger partial charge in [0.25, 0.3) is 11.8 Å². The largest absolute Gasteiger partial charge is 0.418 e. The molecule has 0 unspecified atom stereocenters. The topological polar surface area (TPSA) is 215 Å². The van der Waals surface area contributed by atoms with Crippen LogP contribution in [0.5, 0.6) is 0 Å². The van der Waals surface area contributed by atoms with Crippen molar-refractivity contribution in [2.24, 2.45) is 5.73 Å². The van der Waals surface area contributed by atoms with Gasteiger partial charge < -0.3 is 10.6 Å². The summed E-state index contributed by atoms with van der Waals surface area (Å²) in [4.78, 5) is 37.9. The van der Waals surface area contributed by atoms with Gasteiger partial charge >= 0.3 is 16.4 Å². The molecule has 0 saturated carbocycles. The molecule has 166 valence electrons. The first-order valence-corrected chi connectivity index (χ1v) is 10.4. The van der Waals surface area contributed by atoms with Crippen LogP contribution in [-0.4, -0.2) is 86.2 Å². The molecule has 4 amide bonds. The maximum Gasteiger partial charge on any atom is 0.418 e. The minimum absolute atomic E-state index is 0.0372. The Bertz CT molecular complexity index is 920. The number of aryl methyl sites for hydroxylation is 1. The number of nitrogens with zero attached hydrogens (tertiary/aromatic N) is 6. The zero-order valence-corrected chi connectivity index (χ0v) is 16.5. The summed E-state index contributed by atoms with van der Waals surface area (Å²) in [6, 6.07) is -2.44. The Kier molecular flexibility index (Phi) is 6.44. The zero-order chi connectivity index (χ0) is 21.9. The molecule has 2 fully saturated rings. The molecule has 0 spiro atoms. The highest BCUT2D eigenvalue weighted by Gasteiger charge is 2.49. The van der Waals surface area contributed by atoms with E-state index in [-0.39, 0.29) is 25.9 Å². The van der Waals surface area contributed by atoms with E-state index in [1.54, 1.807) is 0 Å². The molecule has 1 aromatic heterocycles. The number of carbonyl (C=O) groups excluding carboxylic acids is 3. The standard InChI is InChI=1S/C13H21N9O7S/c14-5-1-2-10-15-18-19-21(10)7-11(23)16-17-12(24)9-4-3-8-6-20(9)13(25)22(8)29-30(26,27)28/h8-9H,1-7,14H2,(H,16,23)(H,17,24)(H,26,27,28)/t8-,9+/m1/s1. The predicted octanol–water partition coefficient (Wildman–Crippen LogP) is -3.29. The van der Waals surface area contributed by atoms with Crippen molar-refractivity contribution in [1.82, 2.24) is 41.0 Å². The van der Waals surface area contributed by atoms with E-state index in [0.29, 0.717) is 30.3 Å². The lowest BCUT2D eigenvalue weighted by Gasteiger charge is -2.29. The summed E-state index contributed by atoms with van der Waals surface area (Å²) in [5.74, 6) is -0.784. The molecular weight excluding hydrogens is 426 g/mol. The number of nitrogens with two attached hydrogens (primary N) is 1. The Morgan fingerprint density at radius 2 is 2.07 bits per heavy atom. The number of hydrogen-bond donors (Lipinski definition) is 4. The average Bonchev–Trinajstić information content (AvgIpc) is 3.21. The van der Waals surface area contributed by atoms with Gasteiger partial charge in [-0.15, -0.1) is 9.38 Å². The summed E-state index contributed by atoms with van der Waals surface area (Å²) in [5, 5.41) is 11.5. The van der Waals surface area contributed by atoms with Crippen LogP contribution in [0, 0.1) is 0 Å². The van der Waals surface area contributed by atoms with Gasteiger partial charge in [0.1, 0.15) is 12.6 Å². The number of piperidine rings is 1. The number of hydrazine groups is 1. The third-order valence-electron chi connectivity index (χ3n) is 4.63. The SMILES string of the molecule is NCCCc1nnnn1CC(=O)NNC(=O)[C@@H]1CC[C@@H]2CN1C(=O)N2OS(=O)(=O)O. The van der Waals surface area contributed by atoms with Crippen LogP contribution in [0.1, 0.15) is 25.1 Å². The van der Waals surface area contributed by atoms with Gasteiger partial charge in [-0.1, -0.05) is 0 Å². The van der Waals surface area contributed by atoms with Crippen molar-refractivity contribution in [3.05, 3.63) is 5.82 Å². The van der Waals surface area contributed by atoms with Crippen molar-refractivity contribution in [2.45, 2.75) is 44.3 Å². The van der Waals surface area contributed by atoms with Gasteiger partial charge in [0.2, 0.25) is 0 Å². The van der Waals surface area contributed by atoms with E-state index in [9.17, 15) is 22.8 Å². The van der Waals surface area contributed by atoms with Gasteiger partial charge in [-0.2, -0.15) is 13.5 Å². The van der Waals surface area contributed by atoms with Crippen molar-refractivity contribution >= 4 is 28.2 Å². The molecule has 16 nitrogen and oxygen atoms in total. The van der Waals surface area contributed by atoms with Crippen molar-refractivity contribution in [1.29, 1.82) is 0 Å². The summed E-state index contributed by atoms with van der Waals surface area (Å²) in [6.07, 6.45) is 1.60. The maximum atomic E-state index is 12.4. The highest BCUT2D eigenvalue weighted by molar-refractivity contribution is 7.80. The summed E-state index contributed by atoms with van der Waals surface area (Å²) >= 11 is 0. The zero-order valence-electron chi connectivity index (χ0n) is 15.7. The minimum atomic E-state index is -4.88. The van der Waals surface area contributed by atoms with E-state index >= 15 is 0 Å². The first-order valence-electron chi connectivity index (χ1n) is 9.00. The molecule has 0 aliphatic carbocycles. The summed E-state index contributed by atoms with van der Waals surface area (Å²) in [5.41, 5.74) is 9.89. The molecule has 30 heavy (non-hydrogen) atoms. The summed E-state index contributed by atoms with van der Waals surface area (Å²) in [6.45, 7) is 0.243. The Hall–Kier alpha value is -2.89. The van der Waals surface area contributed by atoms with E-state index in [2.05, 4.69) is 30.7 Å². The monoisotopic (exact) mass is 447 g/mol. The fraction of sp³-hybridized carbons (Fsp3) is 0.692. The van der Waals surface area contributed by atoms with Crippen LogP contribution >= 0.6 is 0 Å². The first kappa shape index (κ1) is 21.8. The molecule has 5 N–H and O–H groups in total. The van der Waals surface area contributed by atoms with Crippen molar-refractivity contribution < 1.29 is 31.6 Å². The third kappa shape index (κ3) is 4.99. The van der Waals surface area contributed by atoms with Gasteiger partial charge in [0.15, 0.2) is 5.82 Å². The van der Waals surface area contributed by atoms with Crippen LogP contribution in [0.25, 0.3) is 0 Å². The molecule has 0 radical (unpaired) electrons. The smallest absolute Gasteiger partial charge is 0.330 e. The second-order valence-electron chi connectivity index (χ2n) is 6.69. The number of hydroxylamine groups is 2. The van der Waals surface area contributed by atoms with Crippen LogP contribution in [-0.2, 0) is 37.2 Å². The molecule has 3 rings (SSSR count). The van der Waals surface area contributed by atoms with Gasteiger partial charge in [-0.3, -0.25) is 25.0 Å². The second kappa shape index (κ2) is 8.86. The quantitative estimate of drug-likeness (QED) is 0.229. The molecule has 2 bridgehead atoms.